The zero-order valence-corrected chi connectivity index (χ0v) is 13.8. The molecule has 0 aliphatic heterocycles. The summed E-state index contributed by atoms with van der Waals surface area (Å²) in [6.07, 6.45) is 1.39. The van der Waals surface area contributed by atoms with E-state index >= 15 is 0 Å². The van der Waals surface area contributed by atoms with Gasteiger partial charge >= 0.3 is 0 Å². The Balaban J connectivity index is 1.65. The Bertz CT molecular complexity index is 1040. The highest BCUT2D eigenvalue weighted by Crippen LogP contribution is 2.33. The van der Waals surface area contributed by atoms with E-state index in [-0.39, 0.29) is 17.1 Å². The van der Waals surface area contributed by atoms with Crippen LogP contribution in [0.15, 0.2) is 89.4 Å². The largest absolute Gasteiger partial charge is 0.506 e. The van der Waals surface area contributed by atoms with Crippen LogP contribution in [0.3, 0.4) is 0 Å². The maximum absolute atomic E-state index is 12.5. The van der Waals surface area contributed by atoms with Crippen LogP contribution < -0.4 is 4.74 Å². The van der Waals surface area contributed by atoms with Gasteiger partial charge in [0.15, 0.2) is 11.5 Å². The number of carbonyl (C=O) groups is 1. The van der Waals surface area contributed by atoms with Gasteiger partial charge in [-0.2, -0.15) is 0 Å². The molecule has 4 nitrogen and oxygen atoms in total. The summed E-state index contributed by atoms with van der Waals surface area (Å²) < 4.78 is 5.86. The molecular weight excluding hydrogens is 326 g/mol. The third-order valence-corrected chi connectivity index (χ3v) is 4.10. The fraction of sp³-hybridized carbons (Fsp3) is 0. The van der Waals surface area contributed by atoms with Gasteiger partial charge in [-0.05, 0) is 24.3 Å². The highest BCUT2D eigenvalue weighted by atomic mass is 16.5. The first-order valence-corrected chi connectivity index (χ1v) is 8.17. The fourth-order valence-electron chi connectivity index (χ4n) is 2.80. The molecule has 3 aromatic rings. The van der Waals surface area contributed by atoms with E-state index in [1.54, 1.807) is 36.4 Å². The predicted octanol–water partition coefficient (Wildman–Crippen LogP) is 5.35. The number of rotatable bonds is 4. The zero-order valence-electron chi connectivity index (χ0n) is 13.8. The number of Topliss-reactive ketones (excluding diaryl/α,β-unsaturated/α-hetero) is 1. The van der Waals surface area contributed by atoms with Crippen LogP contribution in [-0.2, 0) is 0 Å². The second kappa shape index (κ2) is 6.69. The molecule has 4 rings (SSSR count). The molecule has 1 N–H and O–H groups in total. The summed E-state index contributed by atoms with van der Waals surface area (Å²) in [5.41, 5.74) is 1.77. The Kier molecular flexibility index (Phi) is 4.07. The third kappa shape index (κ3) is 2.89. The number of aliphatic hydroxyl groups is 1. The number of ether oxygens (including phenoxy) is 1. The number of ketones is 1. The van der Waals surface area contributed by atoms with E-state index in [1.807, 2.05) is 42.5 Å². The maximum Gasteiger partial charge on any atom is 0.199 e. The van der Waals surface area contributed by atoms with E-state index < -0.39 is 0 Å². The van der Waals surface area contributed by atoms with Crippen LogP contribution in [0.2, 0.25) is 0 Å². The Morgan fingerprint density at radius 2 is 1.46 bits per heavy atom. The van der Waals surface area contributed by atoms with Gasteiger partial charge in [0.2, 0.25) is 0 Å². The molecule has 0 bridgehead atoms. The first kappa shape index (κ1) is 15.8. The van der Waals surface area contributed by atoms with Crippen LogP contribution in [-0.4, -0.2) is 17.1 Å². The van der Waals surface area contributed by atoms with Gasteiger partial charge in [-0.25, -0.2) is 0 Å². The van der Waals surface area contributed by atoms with Gasteiger partial charge in [0, 0.05) is 17.3 Å². The van der Waals surface area contributed by atoms with E-state index in [4.69, 9.17) is 4.74 Å². The van der Waals surface area contributed by atoms with Gasteiger partial charge in [-0.1, -0.05) is 54.6 Å². The number of aliphatic hydroxyl groups excluding tert-OH is 1. The quantitative estimate of drug-likeness (QED) is 0.651. The number of nitrogens with zero attached hydrogens (tertiary/aromatic N) is 1. The van der Waals surface area contributed by atoms with E-state index in [2.05, 4.69) is 4.99 Å². The number of hydrogen-bond acceptors (Lipinski definition) is 4. The van der Waals surface area contributed by atoms with Crippen molar-refractivity contribution in [2.45, 2.75) is 0 Å². The van der Waals surface area contributed by atoms with Crippen LogP contribution in [0.25, 0.3) is 5.76 Å². The first-order chi connectivity index (χ1) is 12.7. The van der Waals surface area contributed by atoms with Crippen molar-refractivity contribution in [2.75, 3.05) is 0 Å². The zero-order chi connectivity index (χ0) is 17.9. The van der Waals surface area contributed by atoms with Gasteiger partial charge in [-0.3, -0.25) is 9.79 Å². The average Bonchev–Trinajstić information content (AvgIpc) is 2.93. The molecule has 3 aromatic carbocycles. The number of hydrogen-bond donors (Lipinski definition) is 1. The number of carbonyl (C=O) groups excluding carboxylic acids is 1. The fourth-order valence-corrected chi connectivity index (χ4v) is 2.80. The Labute approximate surface area is 150 Å². The minimum atomic E-state index is -0.233. The third-order valence-electron chi connectivity index (χ3n) is 4.10. The van der Waals surface area contributed by atoms with E-state index in [9.17, 15) is 9.90 Å². The molecular formula is C22H15NO3. The lowest BCUT2D eigenvalue weighted by Gasteiger charge is -2.07. The SMILES string of the molecule is O=C1C(C=Nc2ccccc2Oc2ccccc2)=C(O)c2ccccc21. The molecule has 0 spiro atoms. The maximum atomic E-state index is 12.5. The summed E-state index contributed by atoms with van der Waals surface area (Å²) in [4.78, 5) is 16.8. The standard InChI is InChI=1S/C22H15NO3/c24-21-16-10-4-5-11-17(16)22(25)18(21)14-23-19-12-6-7-13-20(19)26-15-8-2-1-3-9-15/h1-14,24H. The Morgan fingerprint density at radius 1 is 0.808 bits per heavy atom. The highest BCUT2D eigenvalue weighted by molar-refractivity contribution is 6.30. The van der Waals surface area contributed by atoms with Crippen molar-refractivity contribution in [2.24, 2.45) is 4.99 Å². The molecule has 0 aromatic heterocycles. The molecule has 0 unspecified atom stereocenters. The van der Waals surface area contributed by atoms with Crippen molar-refractivity contribution in [3.05, 3.63) is 95.6 Å². The topological polar surface area (TPSA) is 58.9 Å². The van der Waals surface area contributed by atoms with Gasteiger partial charge in [0.25, 0.3) is 0 Å². The molecule has 126 valence electrons. The summed E-state index contributed by atoms with van der Waals surface area (Å²) in [5.74, 6) is 0.985. The Morgan fingerprint density at radius 3 is 2.23 bits per heavy atom. The van der Waals surface area contributed by atoms with Crippen LogP contribution >= 0.6 is 0 Å². The van der Waals surface area contributed by atoms with Gasteiger partial charge in [0.1, 0.15) is 17.2 Å². The molecule has 1 aliphatic rings. The van der Waals surface area contributed by atoms with Gasteiger partial charge in [-0.15, -0.1) is 0 Å². The van der Waals surface area contributed by atoms with Crippen molar-refractivity contribution in [1.82, 2.24) is 0 Å². The second-order valence-electron chi connectivity index (χ2n) is 5.78. The van der Waals surface area contributed by atoms with Crippen LogP contribution in [0.4, 0.5) is 5.69 Å². The number of allylic oxidation sites excluding steroid dienone is 1. The molecule has 26 heavy (non-hydrogen) atoms. The van der Waals surface area contributed by atoms with E-state index in [1.165, 1.54) is 6.21 Å². The molecule has 0 heterocycles. The number of aliphatic imine (C=N–C) groups is 1. The molecule has 1 aliphatic carbocycles. The molecule has 4 heteroatoms. The normalized spacial score (nSPS) is 13.3. The predicted molar refractivity (Wildman–Crippen MR) is 101 cm³/mol. The van der Waals surface area contributed by atoms with Crippen LogP contribution in [0.5, 0.6) is 11.5 Å². The average molecular weight is 341 g/mol. The lowest BCUT2D eigenvalue weighted by Crippen LogP contribution is -1.99. The molecule has 0 radical (unpaired) electrons. The molecule has 0 saturated carbocycles. The van der Waals surface area contributed by atoms with Crippen molar-refractivity contribution >= 4 is 23.4 Å². The van der Waals surface area contributed by atoms with E-state index in [0.717, 1.165) is 0 Å². The Hall–Kier alpha value is -3.66. The minimum absolute atomic E-state index is 0.0455. The summed E-state index contributed by atoms with van der Waals surface area (Å²) >= 11 is 0. The first-order valence-electron chi connectivity index (χ1n) is 8.17. The van der Waals surface area contributed by atoms with Gasteiger partial charge in [0.05, 0.1) is 5.57 Å². The molecule has 0 saturated heterocycles. The lowest BCUT2D eigenvalue weighted by atomic mass is 10.1. The van der Waals surface area contributed by atoms with Gasteiger partial charge < -0.3 is 9.84 Å². The second-order valence-corrected chi connectivity index (χ2v) is 5.78. The number of fused-ring (bicyclic) bond motifs is 1. The highest BCUT2D eigenvalue weighted by Gasteiger charge is 2.27. The van der Waals surface area contributed by atoms with Crippen LogP contribution in [0, 0.1) is 0 Å². The van der Waals surface area contributed by atoms with Crippen molar-refractivity contribution in [1.29, 1.82) is 0 Å². The summed E-state index contributed by atoms with van der Waals surface area (Å²) in [6, 6.07) is 23.6. The minimum Gasteiger partial charge on any atom is -0.506 e. The van der Waals surface area contributed by atoms with Crippen molar-refractivity contribution in [3.8, 4) is 11.5 Å². The monoisotopic (exact) mass is 341 g/mol. The molecule has 0 atom stereocenters. The number of para-hydroxylation sites is 3. The smallest absolute Gasteiger partial charge is 0.199 e. The van der Waals surface area contributed by atoms with Crippen molar-refractivity contribution in [3.63, 3.8) is 0 Å². The van der Waals surface area contributed by atoms with Crippen LogP contribution in [0.1, 0.15) is 15.9 Å². The molecule has 0 amide bonds. The van der Waals surface area contributed by atoms with E-state index in [0.29, 0.717) is 28.3 Å². The lowest BCUT2D eigenvalue weighted by molar-refractivity contribution is 0.104. The summed E-state index contributed by atoms with van der Waals surface area (Å²) in [7, 11) is 0. The van der Waals surface area contributed by atoms with Crippen molar-refractivity contribution < 1.29 is 14.6 Å². The summed E-state index contributed by atoms with van der Waals surface area (Å²) in [5, 5.41) is 10.3. The molecule has 0 fully saturated rings. The summed E-state index contributed by atoms with van der Waals surface area (Å²) in [6.45, 7) is 0. The number of benzene rings is 3.